The maximum Gasteiger partial charge on any atom is 0.305 e. The number of nitrogens with one attached hydrogen (secondary N) is 1. The van der Waals surface area contributed by atoms with Crippen LogP contribution in [0.1, 0.15) is 49.1 Å². The first-order valence-corrected chi connectivity index (χ1v) is 8.65. The zero-order valence-corrected chi connectivity index (χ0v) is 15.1. The topological polar surface area (TPSA) is 106 Å². The molecule has 9 heteroatoms. The molecular weight excluding hydrogens is 355 g/mol. The fourth-order valence-corrected chi connectivity index (χ4v) is 3.07. The number of benzene rings is 1. The number of rotatable bonds is 6. The van der Waals surface area contributed by atoms with Crippen molar-refractivity contribution in [1.82, 2.24) is 20.1 Å². The van der Waals surface area contributed by atoms with Crippen LogP contribution in [0.5, 0.6) is 0 Å². The molecule has 1 aromatic heterocycles. The molecule has 1 fully saturated rings. The van der Waals surface area contributed by atoms with Crippen LogP contribution in [0.4, 0.5) is 4.39 Å². The molecule has 1 aliphatic rings. The molecule has 0 bridgehead atoms. The maximum atomic E-state index is 13.6. The van der Waals surface area contributed by atoms with Gasteiger partial charge in [0.15, 0.2) is 0 Å². The molecule has 1 atom stereocenters. The summed E-state index contributed by atoms with van der Waals surface area (Å²) in [5.41, 5.74) is -0.528. The van der Waals surface area contributed by atoms with Gasteiger partial charge in [-0.25, -0.2) is 14.1 Å². The zero-order valence-electron chi connectivity index (χ0n) is 15.1. The summed E-state index contributed by atoms with van der Waals surface area (Å²) >= 11 is 0. The van der Waals surface area contributed by atoms with Crippen molar-refractivity contribution in [1.29, 1.82) is 0 Å². The van der Waals surface area contributed by atoms with Gasteiger partial charge < -0.3 is 15.2 Å². The molecule has 0 aliphatic carbocycles. The van der Waals surface area contributed by atoms with Crippen LogP contribution in [-0.4, -0.2) is 50.5 Å². The standard InChI is InChI=1S/C18H21FN4O4/c1-11(2)16-20-15(22-23(16)13-5-3-4-12(19)8-13)17(26)21-18(9-14(24)25)6-7-27-10-18/h3-5,8,11H,6-7,9-10H2,1-2H3,(H,21,26)(H,24,25). The first-order chi connectivity index (χ1) is 12.8. The van der Waals surface area contributed by atoms with Crippen LogP contribution in [0.25, 0.3) is 5.69 Å². The van der Waals surface area contributed by atoms with Crippen LogP contribution in [0, 0.1) is 5.82 Å². The van der Waals surface area contributed by atoms with Crippen molar-refractivity contribution in [3.8, 4) is 5.69 Å². The predicted molar refractivity (Wildman–Crippen MR) is 93.3 cm³/mol. The van der Waals surface area contributed by atoms with Crippen molar-refractivity contribution in [3.05, 3.63) is 41.7 Å². The van der Waals surface area contributed by atoms with Crippen molar-refractivity contribution < 1.29 is 23.8 Å². The van der Waals surface area contributed by atoms with Crippen LogP contribution in [0.2, 0.25) is 0 Å². The second-order valence-corrected chi connectivity index (χ2v) is 6.95. The third kappa shape index (κ3) is 4.13. The summed E-state index contributed by atoms with van der Waals surface area (Å²) in [4.78, 5) is 28.2. The highest BCUT2D eigenvalue weighted by molar-refractivity contribution is 5.91. The maximum absolute atomic E-state index is 13.6. The molecule has 2 heterocycles. The van der Waals surface area contributed by atoms with Crippen molar-refractivity contribution in [2.75, 3.05) is 13.2 Å². The van der Waals surface area contributed by atoms with E-state index in [4.69, 9.17) is 9.84 Å². The largest absolute Gasteiger partial charge is 0.481 e. The average molecular weight is 376 g/mol. The monoisotopic (exact) mass is 376 g/mol. The smallest absolute Gasteiger partial charge is 0.305 e. The van der Waals surface area contributed by atoms with Gasteiger partial charge in [0.25, 0.3) is 5.91 Å². The molecule has 8 nitrogen and oxygen atoms in total. The van der Waals surface area contributed by atoms with E-state index >= 15 is 0 Å². The second kappa shape index (κ2) is 7.43. The molecule has 2 N–H and O–H groups in total. The highest BCUT2D eigenvalue weighted by Crippen LogP contribution is 2.24. The highest BCUT2D eigenvalue weighted by Gasteiger charge is 2.39. The molecule has 144 valence electrons. The zero-order chi connectivity index (χ0) is 19.6. The van der Waals surface area contributed by atoms with Crippen molar-refractivity contribution in [2.24, 2.45) is 0 Å². The number of ether oxygens (including phenoxy) is 1. The minimum absolute atomic E-state index is 0.0647. The normalized spacial score (nSPS) is 19.4. The van der Waals surface area contributed by atoms with Gasteiger partial charge in [-0.05, 0) is 24.6 Å². The lowest BCUT2D eigenvalue weighted by Gasteiger charge is -2.26. The Morgan fingerprint density at radius 3 is 2.81 bits per heavy atom. The van der Waals surface area contributed by atoms with Gasteiger partial charge >= 0.3 is 5.97 Å². The van der Waals surface area contributed by atoms with E-state index in [9.17, 15) is 14.0 Å². The lowest BCUT2D eigenvalue weighted by atomic mass is 9.94. The molecule has 0 spiro atoms. The van der Waals surface area contributed by atoms with E-state index in [0.29, 0.717) is 24.5 Å². The molecule has 1 saturated heterocycles. The SMILES string of the molecule is CC(C)c1nc(C(=O)NC2(CC(=O)O)CCOC2)nn1-c1cccc(F)c1. The number of halogens is 1. The Morgan fingerprint density at radius 2 is 2.22 bits per heavy atom. The summed E-state index contributed by atoms with van der Waals surface area (Å²) in [6, 6.07) is 5.84. The third-order valence-corrected chi connectivity index (χ3v) is 4.38. The van der Waals surface area contributed by atoms with Gasteiger partial charge in [0.05, 0.1) is 24.3 Å². The molecule has 1 unspecified atom stereocenters. The molecule has 2 aromatic rings. The fourth-order valence-electron chi connectivity index (χ4n) is 3.07. The molecule has 0 saturated carbocycles. The summed E-state index contributed by atoms with van der Waals surface area (Å²) in [6.45, 7) is 4.26. The summed E-state index contributed by atoms with van der Waals surface area (Å²) < 4.78 is 20.3. The molecule has 1 aliphatic heterocycles. The Balaban J connectivity index is 1.91. The number of carbonyl (C=O) groups excluding carboxylic acids is 1. The predicted octanol–water partition coefficient (Wildman–Crippen LogP) is 1.89. The van der Waals surface area contributed by atoms with Crippen LogP contribution in [0.15, 0.2) is 24.3 Å². The van der Waals surface area contributed by atoms with Gasteiger partial charge in [0.1, 0.15) is 11.6 Å². The van der Waals surface area contributed by atoms with Crippen molar-refractivity contribution in [2.45, 2.75) is 38.1 Å². The molecule has 1 amide bonds. The summed E-state index contributed by atoms with van der Waals surface area (Å²) in [5, 5.41) is 16.1. The van der Waals surface area contributed by atoms with E-state index in [1.165, 1.54) is 16.8 Å². The Bertz CT molecular complexity index is 859. The van der Waals surface area contributed by atoms with Gasteiger partial charge in [-0.3, -0.25) is 9.59 Å². The number of carboxylic acids is 1. The van der Waals surface area contributed by atoms with E-state index in [-0.39, 0.29) is 24.8 Å². The minimum atomic E-state index is -1.03. The van der Waals surface area contributed by atoms with Gasteiger partial charge in [0, 0.05) is 12.5 Å². The summed E-state index contributed by atoms with van der Waals surface area (Å²) in [5.74, 6) is -1.70. The Morgan fingerprint density at radius 1 is 1.44 bits per heavy atom. The molecule has 1 aromatic carbocycles. The number of carboxylic acid groups (broad SMARTS) is 1. The van der Waals surface area contributed by atoms with Crippen molar-refractivity contribution >= 4 is 11.9 Å². The lowest BCUT2D eigenvalue weighted by molar-refractivity contribution is -0.138. The Hall–Kier alpha value is -2.81. The number of amides is 1. The number of aliphatic carboxylic acids is 1. The van der Waals surface area contributed by atoms with E-state index in [0.717, 1.165) is 0 Å². The van der Waals surface area contributed by atoms with E-state index in [1.54, 1.807) is 12.1 Å². The van der Waals surface area contributed by atoms with E-state index in [1.807, 2.05) is 13.8 Å². The lowest BCUT2D eigenvalue weighted by Crippen LogP contribution is -2.50. The van der Waals surface area contributed by atoms with E-state index in [2.05, 4.69) is 15.4 Å². The molecule has 3 rings (SSSR count). The Labute approximate surface area is 155 Å². The van der Waals surface area contributed by atoms with Crippen LogP contribution < -0.4 is 5.32 Å². The van der Waals surface area contributed by atoms with Crippen molar-refractivity contribution in [3.63, 3.8) is 0 Å². The number of carbonyl (C=O) groups is 2. The van der Waals surface area contributed by atoms with Crippen LogP contribution >= 0.6 is 0 Å². The fraction of sp³-hybridized carbons (Fsp3) is 0.444. The van der Waals surface area contributed by atoms with E-state index < -0.39 is 23.2 Å². The molecule has 27 heavy (non-hydrogen) atoms. The third-order valence-electron chi connectivity index (χ3n) is 4.38. The second-order valence-electron chi connectivity index (χ2n) is 6.95. The highest BCUT2D eigenvalue weighted by atomic mass is 19.1. The van der Waals surface area contributed by atoms with Crippen LogP contribution in [-0.2, 0) is 9.53 Å². The molecular formula is C18H21FN4O4. The van der Waals surface area contributed by atoms with Gasteiger partial charge in [-0.15, -0.1) is 5.10 Å². The number of aromatic nitrogens is 3. The molecule has 0 radical (unpaired) electrons. The van der Waals surface area contributed by atoms with Gasteiger partial charge in [-0.2, -0.15) is 0 Å². The quantitative estimate of drug-likeness (QED) is 0.797. The summed E-state index contributed by atoms with van der Waals surface area (Å²) in [7, 11) is 0. The number of nitrogens with zero attached hydrogens (tertiary/aromatic N) is 3. The van der Waals surface area contributed by atoms with Crippen LogP contribution in [0.3, 0.4) is 0 Å². The van der Waals surface area contributed by atoms with Gasteiger partial charge in [-0.1, -0.05) is 19.9 Å². The first kappa shape index (κ1) is 19.0. The first-order valence-electron chi connectivity index (χ1n) is 8.65. The number of hydrogen-bond donors (Lipinski definition) is 2. The average Bonchev–Trinajstić information content (AvgIpc) is 3.21. The van der Waals surface area contributed by atoms with Gasteiger partial charge in [0.2, 0.25) is 5.82 Å². The summed E-state index contributed by atoms with van der Waals surface area (Å²) in [6.07, 6.45) is 0.146. The minimum Gasteiger partial charge on any atom is -0.481 e. The Kier molecular flexibility index (Phi) is 5.22. The number of hydrogen-bond acceptors (Lipinski definition) is 5.